The fourth-order valence-electron chi connectivity index (χ4n) is 2.53. The first-order chi connectivity index (χ1) is 13.6. The van der Waals surface area contributed by atoms with Crippen LogP contribution in [-0.2, 0) is 19.1 Å². The molecule has 2 aromatic rings. The Morgan fingerprint density at radius 1 is 1.07 bits per heavy atom. The molecular formula is C18H17F3N2O6. The van der Waals surface area contributed by atoms with Gasteiger partial charge in [-0.3, -0.25) is 24.1 Å². The summed E-state index contributed by atoms with van der Waals surface area (Å²) in [6, 6.07) is 0.416. The summed E-state index contributed by atoms with van der Waals surface area (Å²) < 4.78 is 52.0. The topological polar surface area (TPSA) is 94.9 Å². The smallest absolute Gasteiger partial charge is 0.343 e. The molecule has 1 aromatic carbocycles. The number of carbonyl (C=O) groups is 3. The lowest BCUT2D eigenvalue weighted by Crippen LogP contribution is -2.40. The van der Waals surface area contributed by atoms with Crippen molar-refractivity contribution in [3.8, 4) is 0 Å². The Kier molecular flexibility index (Phi) is 6.62. The molecule has 0 aliphatic heterocycles. The van der Waals surface area contributed by atoms with Crippen LogP contribution in [0.2, 0.25) is 0 Å². The summed E-state index contributed by atoms with van der Waals surface area (Å²) in [4.78, 5) is 48.5. The third kappa shape index (κ3) is 4.23. The Morgan fingerprint density at radius 3 is 2.28 bits per heavy atom. The van der Waals surface area contributed by atoms with Crippen molar-refractivity contribution in [2.24, 2.45) is 0 Å². The Hall–Kier alpha value is -3.37. The maximum Gasteiger partial charge on any atom is 0.343 e. The van der Waals surface area contributed by atoms with Gasteiger partial charge < -0.3 is 9.47 Å². The number of rotatable bonds is 6. The zero-order chi connectivity index (χ0) is 21.9. The minimum Gasteiger partial charge on any atom is -0.466 e. The third-order valence-corrected chi connectivity index (χ3v) is 3.89. The molecule has 0 saturated carbocycles. The lowest BCUT2D eigenvalue weighted by molar-refractivity contribution is -0.145. The standard InChI is InChI=1S/C18H17F3N2O6/c1-4-28-13(25)7-12(24)22(3)23-8-10(18(27)29-5-2)17(26)9-6-11(19)14(20)15(21)16(9)23/h6,8H,4-5,7H2,1-3H3. The minimum atomic E-state index is -1.87. The van der Waals surface area contributed by atoms with Gasteiger partial charge in [0.25, 0.3) is 5.91 Å². The van der Waals surface area contributed by atoms with Crippen LogP contribution in [0.5, 0.6) is 0 Å². The van der Waals surface area contributed by atoms with E-state index >= 15 is 0 Å². The summed E-state index contributed by atoms with van der Waals surface area (Å²) in [6.45, 7) is 2.92. The zero-order valence-corrected chi connectivity index (χ0v) is 15.8. The Balaban J connectivity index is 2.75. The molecule has 0 radical (unpaired) electrons. The second-order valence-electron chi connectivity index (χ2n) is 5.72. The number of nitrogens with zero attached hydrogens (tertiary/aromatic N) is 2. The quantitative estimate of drug-likeness (QED) is 0.405. The first-order valence-corrected chi connectivity index (χ1v) is 8.46. The van der Waals surface area contributed by atoms with Crippen molar-refractivity contribution >= 4 is 28.7 Å². The summed E-state index contributed by atoms with van der Waals surface area (Å²) in [5, 5.41) is -0.0234. The highest BCUT2D eigenvalue weighted by atomic mass is 19.2. The summed E-state index contributed by atoms with van der Waals surface area (Å²) in [5.41, 5.74) is -2.54. The number of ether oxygens (including phenoxy) is 2. The summed E-state index contributed by atoms with van der Waals surface area (Å²) in [7, 11) is 1.08. The van der Waals surface area contributed by atoms with Gasteiger partial charge in [-0.2, -0.15) is 0 Å². The summed E-state index contributed by atoms with van der Waals surface area (Å²) in [6.07, 6.45) is 0.00410. The van der Waals surface area contributed by atoms with Crippen LogP contribution in [0.3, 0.4) is 0 Å². The number of aromatic nitrogens is 1. The first-order valence-electron chi connectivity index (χ1n) is 8.46. The maximum atomic E-state index is 14.5. The molecule has 0 fully saturated rings. The number of halogens is 3. The fourth-order valence-corrected chi connectivity index (χ4v) is 2.53. The van der Waals surface area contributed by atoms with Gasteiger partial charge >= 0.3 is 11.9 Å². The zero-order valence-electron chi connectivity index (χ0n) is 15.8. The van der Waals surface area contributed by atoms with Crippen LogP contribution in [0.25, 0.3) is 10.9 Å². The van der Waals surface area contributed by atoms with Crippen molar-refractivity contribution in [2.75, 3.05) is 25.3 Å². The van der Waals surface area contributed by atoms with Gasteiger partial charge in [-0.25, -0.2) is 18.0 Å². The van der Waals surface area contributed by atoms with Crippen molar-refractivity contribution in [2.45, 2.75) is 20.3 Å². The molecule has 11 heteroatoms. The molecule has 29 heavy (non-hydrogen) atoms. The monoisotopic (exact) mass is 414 g/mol. The number of benzene rings is 1. The van der Waals surface area contributed by atoms with Gasteiger partial charge in [0.1, 0.15) is 17.5 Å². The number of pyridine rings is 1. The second-order valence-corrected chi connectivity index (χ2v) is 5.72. The average molecular weight is 414 g/mol. The number of hydrogen-bond acceptors (Lipinski definition) is 6. The molecule has 0 spiro atoms. The normalized spacial score (nSPS) is 10.7. The first kappa shape index (κ1) is 21.9. The lowest BCUT2D eigenvalue weighted by atomic mass is 10.1. The largest absolute Gasteiger partial charge is 0.466 e. The van der Waals surface area contributed by atoms with Crippen LogP contribution in [0.1, 0.15) is 30.6 Å². The molecule has 0 bridgehead atoms. The SMILES string of the molecule is CCOC(=O)CC(=O)N(C)n1cc(C(=O)OCC)c(=O)c2cc(F)c(F)c(F)c21. The molecule has 8 nitrogen and oxygen atoms in total. The third-order valence-electron chi connectivity index (χ3n) is 3.89. The molecule has 0 N–H and O–H groups in total. The van der Waals surface area contributed by atoms with E-state index in [0.29, 0.717) is 15.8 Å². The van der Waals surface area contributed by atoms with Gasteiger partial charge in [0.2, 0.25) is 5.43 Å². The maximum absolute atomic E-state index is 14.5. The van der Waals surface area contributed by atoms with E-state index in [4.69, 9.17) is 4.74 Å². The van der Waals surface area contributed by atoms with E-state index in [2.05, 4.69) is 4.74 Å². The van der Waals surface area contributed by atoms with E-state index in [9.17, 15) is 32.3 Å². The van der Waals surface area contributed by atoms with E-state index in [1.807, 2.05) is 0 Å². The average Bonchev–Trinajstić information content (AvgIpc) is 2.66. The van der Waals surface area contributed by atoms with Crippen LogP contribution >= 0.6 is 0 Å². The molecule has 0 unspecified atom stereocenters. The van der Waals surface area contributed by atoms with Crippen molar-refractivity contribution < 1.29 is 37.0 Å². The molecule has 0 saturated heterocycles. The molecule has 1 aromatic heterocycles. The van der Waals surface area contributed by atoms with Crippen LogP contribution in [0, 0.1) is 17.5 Å². The molecule has 0 aliphatic carbocycles. The van der Waals surface area contributed by atoms with Crippen molar-refractivity contribution in [3.05, 3.63) is 45.5 Å². The molecule has 1 amide bonds. The Labute approximate surface area is 162 Å². The summed E-state index contributed by atoms with van der Waals surface area (Å²) in [5.74, 6) is -8.18. The molecule has 0 atom stereocenters. The van der Waals surface area contributed by atoms with Gasteiger partial charge in [-0.05, 0) is 19.9 Å². The van der Waals surface area contributed by atoms with Crippen LogP contribution in [0.15, 0.2) is 17.1 Å². The molecule has 0 aliphatic rings. The molecule has 1 heterocycles. The van der Waals surface area contributed by atoms with Crippen molar-refractivity contribution in [3.63, 3.8) is 0 Å². The van der Waals surface area contributed by atoms with Gasteiger partial charge in [0, 0.05) is 13.2 Å². The number of carbonyl (C=O) groups excluding carboxylic acids is 3. The van der Waals surface area contributed by atoms with Crippen LogP contribution in [0.4, 0.5) is 13.2 Å². The van der Waals surface area contributed by atoms with Crippen LogP contribution in [-0.4, -0.2) is 42.8 Å². The van der Waals surface area contributed by atoms with Gasteiger partial charge in [-0.1, -0.05) is 0 Å². The van der Waals surface area contributed by atoms with E-state index in [1.54, 1.807) is 0 Å². The Morgan fingerprint density at radius 2 is 1.69 bits per heavy atom. The van der Waals surface area contributed by atoms with Gasteiger partial charge in [0.15, 0.2) is 17.5 Å². The number of hydrogen-bond donors (Lipinski definition) is 0. The van der Waals surface area contributed by atoms with Crippen molar-refractivity contribution in [1.82, 2.24) is 4.68 Å². The number of amides is 1. The fraction of sp³-hybridized carbons (Fsp3) is 0.333. The summed E-state index contributed by atoms with van der Waals surface area (Å²) >= 11 is 0. The van der Waals surface area contributed by atoms with Gasteiger partial charge in [0.05, 0.1) is 18.6 Å². The molecule has 2 rings (SSSR count). The highest BCUT2D eigenvalue weighted by molar-refractivity contribution is 6.01. The lowest BCUT2D eigenvalue weighted by Gasteiger charge is -2.23. The number of esters is 2. The molecule has 156 valence electrons. The highest BCUT2D eigenvalue weighted by Gasteiger charge is 2.26. The second kappa shape index (κ2) is 8.76. The predicted octanol–water partition coefficient (Wildman–Crippen LogP) is 1.64. The van der Waals surface area contributed by atoms with E-state index in [0.717, 1.165) is 13.2 Å². The molecular weight excluding hydrogens is 397 g/mol. The predicted molar refractivity (Wildman–Crippen MR) is 94.4 cm³/mol. The van der Waals surface area contributed by atoms with Crippen molar-refractivity contribution in [1.29, 1.82) is 0 Å². The minimum absolute atomic E-state index is 0.0168. The van der Waals surface area contributed by atoms with E-state index < -0.39 is 63.6 Å². The van der Waals surface area contributed by atoms with Crippen LogP contribution < -0.4 is 10.4 Å². The van der Waals surface area contributed by atoms with E-state index in [-0.39, 0.29) is 13.2 Å². The van der Waals surface area contributed by atoms with Gasteiger partial charge in [-0.15, -0.1) is 0 Å². The number of fused-ring (bicyclic) bond motifs is 1. The highest BCUT2D eigenvalue weighted by Crippen LogP contribution is 2.22. The van der Waals surface area contributed by atoms with E-state index in [1.165, 1.54) is 13.8 Å². The Bertz CT molecular complexity index is 1050.